The molecule has 2 N–H and O–H groups in total. The largest absolute Gasteiger partial charge is 0.345 e. The first-order valence-electron chi connectivity index (χ1n) is 11.1. The zero-order valence-corrected chi connectivity index (χ0v) is 23.2. The van der Waals surface area contributed by atoms with Crippen LogP contribution >= 0.6 is 57.9 Å². The Labute approximate surface area is 240 Å². The second-order valence-electron chi connectivity index (χ2n) is 7.84. The number of anilines is 1. The Morgan fingerprint density at radius 3 is 2.58 bits per heavy atom. The summed E-state index contributed by atoms with van der Waals surface area (Å²) in [6.45, 7) is 0.0413. The van der Waals surface area contributed by atoms with Gasteiger partial charge >= 0.3 is 0 Å². The van der Waals surface area contributed by atoms with Gasteiger partial charge in [-0.15, -0.1) is 10.2 Å². The van der Waals surface area contributed by atoms with Crippen molar-refractivity contribution in [3.63, 3.8) is 0 Å². The van der Waals surface area contributed by atoms with Gasteiger partial charge in [0.25, 0.3) is 5.91 Å². The molecular weight excluding hydrogens is 587 g/mol. The van der Waals surface area contributed by atoms with Gasteiger partial charge in [0.1, 0.15) is 0 Å². The SMILES string of the molecule is O=C(CSc1nnc(CNC(=O)c2cc(Cl)ccc2Cl)n1-c1cccc(Cl)c1)Nc1nc2ccccc2s1. The van der Waals surface area contributed by atoms with Gasteiger partial charge < -0.3 is 10.6 Å². The smallest absolute Gasteiger partial charge is 0.253 e. The third kappa shape index (κ3) is 6.11. The summed E-state index contributed by atoms with van der Waals surface area (Å²) in [6.07, 6.45) is 0. The summed E-state index contributed by atoms with van der Waals surface area (Å²) in [7, 11) is 0. The van der Waals surface area contributed by atoms with Gasteiger partial charge in [-0.2, -0.15) is 0 Å². The number of nitrogens with zero attached hydrogens (tertiary/aromatic N) is 4. The Bertz CT molecular complexity index is 1620. The van der Waals surface area contributed by atoms with Crippen LogP contribution in [-0.4, -0.2) is 37.3 Å². The van der Waals surface area contributed by atoms with Gasteiger partial charge in [0.05, 0.1) is 38.8 Å². The minimum atomic E-state index is -0.414. The summed E-state index contributed by atoms with van der Waals surface area (Å²) >= 11 is 21.0. The maximum absolute atomic E-state index is 12.8. The topological polar surface area (TPSA) is 102 Å². The number of halogens is 3. The lowest BCUT2D eigenvalue weighted by Gasteiger charge is -2.12. The first-order valence-corrected chi connectivity index (χ1v) is 14.0. The molecule has 0 aliphatic rings. The first-order chi connectivity index (χ1) is 18.4. The van der Waals surface area contributed by atoms with Gasteiger partial charge in [-0.1, -0.05) is 76.1 Å². The monoisotopic (exact) mass is 602 g/mol. The zero-order chi connectivity index (χ0) is 26.6. The number of para-hydroxylation sites is 1. The molecule has 0 atom stereocenters. The average molecular weight is 604 g/mol. The molecule has 2 heterocycles. The van der Waals surface area contributed by atoms with E-state index in [9.17, 15) is 9.59 Å². The van der Waals surface area contributed by atoms with E-state index in [1.54, 1.807) is 34.9 Å². The van der Waals surface area contributed by atoms with Crippen LogP contribution in [0.2, 0.25) is 15.1 Å². The number of hydrogen-bond donors (Lipinski definition) is 2. The maximum Gasteiger partial charge on any atom is 0.253 e. The van der Waals surface area contributed by atoms with Crippen LogP contribution in [0.5, 0.6) is 0 Å². The van der Waals surface area contributed by atoms with Crippen LogP contribution in [0.3, 0.4) is 0 Å². The number of benzene rings is 3. The van der Waals surface area contributed by atoms with Crippen LogP contribution in [0, 0.1) is 0 Å². The highest BCUT2D eigenvalue weighted by Crippen LogP contribution is 2.27. The molecule has 0 saturated carbocycles. The second-order valence-corrected chi connectivity index (χ2v) is 11.1. The quantitative estimate of drug-likeness (QED) is 0.196. The standard InChI is InChI=1S/C25H17Cl3N6O2S2/c26-14-4-3-5-16(10-14)34-21(12-29-23(36)17-11-15(27)8-9-18(17)28)32-33-25(34)37-13-22(35)31-24-30-19-6-1-2-7-20(19)38-24/h1-11H,12-13H2,(H,29,36)(H,30,31,35). The molecule has 8 nitrogen and oxygen atoms in total. The lowest BCUT2D eigenvalue weighted by molar-refractivity contribution is -0.113. The third-order valence-corrected chi connectivity index (χ3v) is 7.90. The number of carbonyl (C=O) groups excluding carboxylic acids is 2. The van der Waals surface area contributed by atoms with Gasteiger partial charge in [0.2, 0.25) is 5.91 Å². The van der Waals surface area contributed by atoms with Crippen molar-refractivity contribution in [3.05, 3.63) is 93.2 Å². The van der Waals surface area contributed by atoms with Crippen molar-refractivity contribution in [1.82, 2.24) is 25.1 Å². The molecule has 0 aliphatic heterocycles. The molecule has 38 heavy (non-hydrogen) atoms. The molecule has 5 rings (SSSR count). The molecule has 0 aliphatic carbocycles. The van der Waals surface area contributed by atoms with Gasteiger partial charge in [-0.25, -0.2) is 4.98 Å². The van der Waals surface area contributed by atoms with Crippen molar-refractivity contribution in [2.45, 2.75) is 11.7 Å². The number of thiazole rings is 1. The normalized spacial score (nSPS) is 11.0. The summed E-state index contributed by atoms with van der Waals surface area (Å²) in [5.74, 6) is -0.144. The van der Waals surface area contributed by atoms with E-state index in [0.717, 1.165) is 10.2 Å². The summed E-state index contributed by atoms with van der Waals surface area (Å²) in [6, 6.07) is 19.4. The Kier molecular flexibility index (Phi) is 8.15. The first kappa shape index (κ1) is 26.5. The Morgan fingerprint density at radius 1 is 0.947 bits per heavy atom. The van der Waals surface area contributed by atoms with Crippen LogP contribution in [0.25, 0.3) is 15.9 Å². The van der Waals surface area contributed by atoms with Crippen molar-refractivity contribution >= 4 is 85.1 Å². The number of fused-ring (bicyclic) bond motifs is 1. The molecule has 13 heteroatoms. The number of thioether (sulfide) groups is 1. The Balaban J connectivity index is 1.33. The van der Waals surface area contributed by atoms with Crippen molar-refractivity contribution in [2.75, 3.05) is 11.1 Å². The zero-order valence-electron chi connectivity index (χ0n) is 19.3. The van der Waals surface area contributed by atoms with E-state index >= 15 is 0 Å². The van der Waals surface area contributed by atoms with Crippen LogP contribution < -0.4 is 10.6 Å². The van der Waals surface area contributed by atoms with Crippen molar-refractivity contribution in [3.8, 4) is 5.69 Å². The minimum Gasteiger partial charge on any atom is -0.345 e. The molecule has 2 aromatic heterocycles. The fourth-order valence-electron chi connectivity index (χ4n) is 3.52. The average Bonchev–Trinajstić information content (AvgIpc) is 3.50. The predicted octanol–water partition coefficient (Wildman–Crippen LogP) is 6.50. The fourth-order valence-corrected chi connectivity index (χ4v) is 5.73. The molecule has 0 unspecified atom stereocenters. The molecule has 0 bridgehead atoms. The van der Waals surface area contributed by atoms with Crippen molar-refractivity contribution in [2.24, 2.45) is 0 Å². The lowest BCUT2D eigenvalue weighted by Crippen LogP contribution is -2.25. The molecule has 0 radical (unpaired) electrons. The number of hydrogen-bond acceptors (Lipinski definition) is 7. The van der Waals surface area contributed by atoms with E-state index in [4.69, 9.17) is 34.8 Å². The number of rotatable bonds is 8. The Morgan fingerprint density at radius 2 is 1.76 bits per heavy atom. The summed E-state index contributed by atoms with van der Waals surface area (Å²) in [4.78, 5) is 29.9. The van der Waals surface area contributed by atoms with Gasteiger partial charge in [0, 0.05) is 10.0 Å². The minimum absolute atomic E-state index is 0.0413. The number of nitrogens with one attached hydrogen (secondary N) is 2. The molecule has 0 fully saturated rings. The number of amides is 2. The highest BCUT2D eigenvalue weighted by molar-refractivity contribution is 7.99. The molecule has 0 spiro atoms. The lowest BCUT2D eigenvalue weighted by atomic mass is 10.2. The third-order valence-electron chi connectivity index (χ3n) is 5.22. The number of aromatic nitrogens is 4. The summed E-state index contributed by atoms with van der Waals surface area (Å²) in [5.41, 5.74) is 1.75. The van der Waals surface area contributed by atoms with Crippen LogP contribution in [0.4, 0.5) is 5.13 Å². The van der Waals surface area contributed by atoms with E-state index in [-0.39, 0.29) is 28.8 Å². The van der Waals surface area contributed by atoms with E-state index in [1.165, 1.54) is 29.2 Å². The fraction of sp³-hybridized carbons (Fsp3) is 0.0800. The predicted molar refractivity (Wildman–Crippen MR) is 153 cm³/mol. The van der Waals surface area contributed by atoms with Crippen LogP contribution in [-0.2, 0) is 11.3 Å². The highest BCUT2D eigenvalue weighted by Gasteiger charge is 2.19. The summed E-state index contributed by atoms with van der Waals surface area (Å²) in [5, 5.41) is 16.3. The number of carbonyl (C=O) groups is 2. The van der Waals surface area contributed by atoms with Gasteiger partial charge in [0.15, 0.2) is 16.1 Å². The van der Waals surface area contributed by atoms with Crippen molar-refractivity contribution in [1.29, 1.82) is 0 Å². The van der Waals surface area contributed by atoms with E-state index in [0.29, 0.717) is 31.8 Å². The molecular formula is C25H17Cl3N6O2S2. The van der Waals surface area contributed by atoms with E-state index < -0.39 is 5.91 Å². The highest BCUT2D eigenvalue weighted by atomic mass is 35.5. The van der Waals surface area contributed by atoms with Gasteiger partial charge in [-0.3, -0.25) is 14.2 Å². The van der Waals surface area contributed by atoms with E-state index in [1.807, 2.05) is 30.3 Å². The van der Waals surface area contributed by atoms with Crippen LogP contribution in [0.15, 0.2) is 71.9 Å². The second kappa shape index (κ2) is 11.7. The van der Waals surface area contributed by atoms with Gasteiger partial charge in [-0.05, 0) is 48.5 Å². The summed E-state index contributed by atoms with van der Waals surface area (Å²) < 4.78 is 2.73. The molecule has 3 aromatic carbocycles. The molecule has 0 saturated heterocycles. The van der Waals surface area contributed by atoms with Crippen LogP contribution in [0.1, 0.15) is 16.2 Å². The van der Waals surface area contributed by atoms with E-state index in [2.05, 4.69) is 25.8 Å². The molecule has 192 valence electrons. The molecule has 2 amide bonds. The maximum atomic E-state index is 12.8. The molecule has 5 aromatic rings. The Hall–Kier alpha value is -3.15. The van der Waals surface area contributed by atoms with Crippen molar-refractivity contribution < 1.29 is 9.59 Å².